The summed E-state index contributed by atoms with van der Waals surface area (Å²) in [6.07, 6.45) is 1.58. The van der Waals surface area contributed by atoms with Gasteiger partial charge in [-0.15, -0.1) is 0 Å². The zero-order valence-corrected chi connectivity index (χ0v) is 13.7. The second kappa shape index (κ2) is 7.60. The third-order valence-electron chi connectivity index (χ3n) is 3.68. The Morgan fingerprint density at radius 2 is 2.21 bits per heavy atom. The Morgan fingerprint density at radius 1 is 1.46 bits per heavy atom. The standard InChI is InChI=1S/C16H19N3O5/c1-11(18(2)10-13-5-4-8-24-13)16(20)17-14-7-6-12(19(21)22)9-15(14)23-3/h4-9,11H,10H2,1-3H3,(H,17,20)/t11-/m0/s1. The summed E-state index contributed by atoms with van der Waals surface area (Å²) in [6, 6.07) is 7.22. The highest BCUT2D eigenvalue weighted by molar-refractivity contribution is 5.96. The lowest BCUT2D eigenvalue weighted by molar-refractivity contribution is -0.384. The summed E-state index contributed by atoms with van der Waals surface area (Å²) in [6.45, 7) is 2.25. The van der Waals surface area contributed by atoms with Crippen molar-refractivity contribution in [1.82, 2.24) is 4.90 Å². The van der Waals surface area contributed by atoms with Crippen molar-refractivity contribution in [3.8, 4) is 5.75 Å². The average molecular weight is 333 g/mol. The number of nitrogens with one attached hydrogen (secondary N) is 1. The predicted molar refractivity (Wildman–Crippen MR) is 87.9 cm³/mol. The number of amides is 1. The topological polar surface area (TPSA) is 97.8 Å². The molecule has 128 valence electrons. The average Bonchev–Trinajstić information content (AvgIpc) is 3.07. The van der Waals surface area contributed by atoms with Crippen molar-refractivity contribution < 1.29 is 18.9 Å². The summed E-state index contributed by atoms with van der Waals surface area (Å²) in [7, 11) is 3.20. The molecule has 0 spiro atoms. The monoisotopic (exact) mass is 333 g/mol. The van der Waals surface area contributed by atoms with Crippen molar-refractivity contribution in [2.75, 3.05) is 19.5 Å². The summed E-state index contributed by atoms with van der Waals surface area (Å²) in [4.78, 5) is 24.5. The van der Waals surface area contributed by atoms with Crippen molar-refractivity contribution in [3.63, 3.8) is 0 Å². The van der Waals surface area contributed by atoms with Crippen LogP contribution in [0.3, 0.4) is 0 Å². The molecule has 1 aromatic heterocycles. The van der Waals surface area contributed by atoms with Crippen molar-refractivity contribution >= 4 is 17.3 Å². The fourth-order valence-electron chi connectivity index (χ4n) is 2.12. The molecule has 1 N–H and O–H groups in total. The van der Waals surface area contributed by atoms with E-state index in [0.29, 0.717) is 12.2 Å². The van der Waals surface area contributed by atoms with E-state index >= 15 is 0 Å². The number of nitro benzene ring substituents is 1. The van der Waals surface area contributed by atoms with Crippen LogP contribution in [0.5, 0.6) is 5.75 Å². The number of ether oxygens (including phenoxy) is 1. The Hall–Kier alpha value is -2.87. The van der Waals surface area contributed by atoms with E-state index in [0.717, 1.165) is 5.76 Å². The minimum Gasteiger partial charge on any atom is -0.494 e. The van der Waals surface area contributed by atoms with Gasteiger partial charge in [-0.25, -0.2) is 0 Å². The van der Waals surface area contributed by atoms with Gasteiger partial charge in [0.25, 0.3) is 5.69 Å². The van der Waals surface area contributed by atoms with Gasteiger partial charge in [0.05, 0.1) is 42.6 Å². The van der Waals surface area contributed by atoms with Gasteiger partial charge in [0.15, 0.2) is 0 Å². The molecule has 0 aliphatic heterocycles. The van der Waals surface area contributed by atoms with Crippen LogP contribution >= 0.6 is 0 Å². The molecule has 0 saturated carbocycles. The third-order valence-corrected chi connectivity index (χ3v) is 3.68. The van der Waals surface area contributed by atoms with Crippen LogP contribution in [0.1, 0.15) is 12.7 Å². The van der Waals surface area contributed by atoms with Crippen LogP contribution in [0, 0.1) is 10.1 Å². The molecule has 8 heteroatoms. The number of carbonyl (C=O) groups excluding carboxylic acids is 1. The van der Waals surface area contributed by atoms with Crippen molar-refractivity contribution in [2.24, 2.45) is 0 Å². The molecular weight excluding hydrogens is 314 g/mol. The third kappa shape index (κ3) is 4.11. The molecule has 0 radical (unpaired) electrons. The van der Waals surface area contributed by atoms with Crippen molar-refractivity contribution in [2.45, 2.75) is 19.5 Å². The molecule has 1 aromatic carbocycles. The lowest BCUT2D eigenvalue weighted by Gasteiger charge is -2.23. The van der Waals surface area contributed by atoms with Crippen LogP contribution in [-0.4, -0.2) is 35.9 Å². The first-order valence-electron chi connectivity index (χ1n) is 7.28. The molecule has 0 unspecified atom stereocenters. The molecule has 2 rings (SSSR count). The summed E-state index contributed by atoms with van der Waals surface area (Å²) >= 11 is 0. The van der Waals surface area contributed by atoms with Crippen LogP contribution in [0.4, 0.5) is 11.4 Å². The second-order valence-corrected chi connectivity index (χ2v) is 5.30. The van der Waals surface area contributed by atoms with E-state index in [9.17, 15) is 14.9 Å². The van der Waals surface area contributed by atoms with Gasteiger partial charge in [-0.05, 0) is 32.2 Å². The number of carbonyl (C=O) groups is 1. The van der Waals surface area contributed by atoms with Gasteiger partial charge >= 0.3 is 0 Å². The lowest BCUT2D eigenvalue weighted by Crippen LogP contribution is -2.39. The van der Waals surface area contributed by atoms with Gasteiger partial charge in [0.2, 0.25) is 5.91 Å². The first kappa shape index (κ1) is 17.5. The van der Waals surface area contributed by atoms with Gasteiger partial charge in [-0.2, -0.15) is 0 Å². The van der Waals surface area contributed by atoms with Crippen LogP contribution in [0.2, 0.25) is 0 Å². The molecule has 0 aliphatic carbocycles. The second-order valence-electron chi connectivity index (χ2n) is 5.30. The smallest absolute Gasteiger partial charge is 0.273 e. The molecule has 24 heavy (non-hydrogen) atoms. The van der Waals surface area contributed by atoms with E-state index in [-0.39, 0.29) is 17.3 Å². The first-order chi connectivity index (χ1) is 11.4. The Balaban J connectivity index is 2.06. The number of benzene rings is 1. The van der Waals surface area contributed by atoms with E-state index in [1.807, 2.05) is 11.0 Å². The van der Waals surface area contributed by atoms with E-state index in [1.54, 1.807) is 26.3 Å². The molecule has 1 heterocycles. The number of hydrogen-bond acceptors (Lipinski definition) is 6. The molecular formula is C16H19N3O5. The molecule has 0 saturated heterocycles. The zero-order chi connectivity index (χ0) is 17.7. The SMILES string of the molecule is COc1cc([N+](=O)[O-])ccc1NC(=O)[C@H](C)N(C)Cc1ccco1. The van der Waals surface area contributed by atoms with E-state index in [4.69, 9.17) is 9.15 Å². The number of likely N-dealkylation sites (N-methyl/N-ethyl adjacent to an activating group) is 1. The molecule has 0 bridgehead atoms. The fraction of sp³-hybridized carbons (Fsp3) is 0.312. The van der Waals surface area contributed by atoms with Gasteiger partial charge < -0.3 is 14.5 Å². The maximum absolute atomic E-state index is 12.4. The minimum atomic E-state index is -0.520. The number of anilines is 1. The summed E-state index contributed by atoms with van der Waals surface area (Å²) in [5.41, 5.74) is 0.277. The summed E-state index contributed by atoms with van der Waals surface area (Å²) < 4.78 is 10.4. The molecule has 0 fully saturated rings. The molecule has 2 aromatic rings. The maximum Gasteiger partial charge on any atom is 0.273 e. The predicted octanol–water partition coefficient (Wildman–Crippen LogP) is 2.66. The molecule has 1 amide bonds. The highest BCUT2D eigenvalue weighted by atomic mass is 16.6. The maximum atomic E-state index is 12.4. The lowest BCUT2D eigenvalue weighted by atomic mass is 10.2. The summed E-state index contributed by atoms with van der Waals surface area (Å²) in [5.74, 6) is 0.736. The van der Waals surface area contributed by atoms with Gasteiger partial charge in [-0.3, -0.25) is 19.8 Å². The van der Waals surface area contributed by atoms with Crippen molar-refractivity contribution in [3.05, 3.63) is 52.5 Å². The number of furan rings is 1. The van der Waals surface area contributed by atoms with Gasteiger partial charge in [0, 0.05) is 6.07 Å². The van der Waals surface area contributed by atoms with Crippen molar-refractivity contribution in [1.29, 1.82) is 0 Å². The Morgan fingerprint density at radius 3 is 2.79 bits per heavy atom. The minimum absolute atomic E-state index is 0.104. The molecule has 1 atom stereocenters. The normalized spacial score (nSPS) is 12.0. The highest BCUT2D eigenvalue weighted by Gasteiger charge is 2.21. The summed E-state index contributed by atoms with van der Waals surface area (Å²) in [5, 5.41) is 13.5. The first-order valence-corrected chi connectivity index (χ1v) is 7.28. The number of nitrogens with zero attached hydrogens (tertiary/aromatic N) is 2. The van der Waals surface area contributed by atoms with Crippen LogP contribution < -0.4 is 10.1 Å². The number of nitro groups is 1. The Labute approximate surface area is 139 Å². The van der Waals surface area contributed by atoms with Gasteiger partial charge in [0.1, 0.15) is 11.5 Å². The van der Waals surface area contributed by atoms with E-state index in [1.165, 1.54) is 25.3 Å². The van der Waals surface area contributed by atoms with E-state index < -0.39 is 11.0 Å². The quantitative estimate of drug-likeness (QED) is 0.618. The largest absolute Gasteiger partial charge is 0.494 e. The number of hydrogen-bond donors (Lipinski definition) is 1. The van der Waals surface area contributed by atoms with Crippen LogP contribution in [0.15, 0.2) is 41.0 Å². The highest BCUT2D eigenvalue weighted by Crippen LogP contribution is 2.29. The van der Waals surface area contributed by atoms with Crippen LogP contribution in [0.25, 0.3) is 0 Å². The molecule has 0 aliphatic rings. The molecule has 8 nitrogen and oxygen atoms in total. The number of rotatable bonds is 7. The Kier molecular flexibility index (Phi) is 5.54. The van der Waals surface area contributed by atoms with E-state index in [2.05, 4.69) is 5.32 Å². The number of methoxy groups -OCH3 is 1. The number of non-ortho nitro benzene ring substituents is 1. The zero-order valence-electron chi connectivity index (χ0n) is 13.7. The van der Waals surface area contributed by atoms with Gasteiger partial charge in [-0.1, -0.05) is 0 Å². The fourth-order valence-corrected chi connectivity index (χ4v) is 2.12. The van der Waals surface area contributed by atoms with Crippen LogP contribution in [-0.2, 0) is 11.3 Å². The Bertz CT molecular complexity index is 715.